The van der Waals surface area contributed by atoms with E-state index < -0.39 is 17.6 Å². The van der Waals surface area contributed by atoms with Crippen LogP contribution in [-0.2, 0) is 14.3 Å². The average Bonchev–Trinajstić information content (AvgIpc) is 2.93. The maximum atomic E-state index is 12.9. The number of carbonyl (C=O) groups is 3. The number of nitrogens with zero attached hydrogens (tertiary/aromatic N) is 2. The van der Waals surface area contributed by atoms with E-state index in [1.54, 1.807) is 18.7 Å². The zero-order valence-corrected chi connectivity index (χ0v) is 20.3. The van der Waals surface area contributed by atoms with Crippen molar-refractivity contribution in [2.24, 2.45) is 0 Å². The van der Waals surface area contributed by atoms with E-state index in [4.69, 9.17) is 9.84 Å². The minimum absolute atomic E-state index is 0.0170. The first kappa shape index (κ1) is 24.7. The highest BCUT2D eigenvalue weighted by Gasteiger charge is 2.31. The van der Waals surface area contributed by atoms with E-state index in [2.05, 4.69) is 29.6 Å². The molecule has 1 fully saturated rings. The molecule has 0 bridgehead atoms. The van der Waals surface area contributed by atoms with Crippen molar-refractivity contribution in [2.75, 3.05) is 39.3 Å². The summed E-state index contributed by atoms with van der Waals surface area (Å²) in [6.45, 7) is 6.05. The van der Waals surface area contributed by atoms with E-state index in [9.17, 15) is 14.4 Å². The molecule has 35 heavy (non-hydrogen) atoms. The maximum Gasteiger partial charge on any atom is 0.407 e. The predicted octanol–water partition coefficient (Wildman–Crippen LogP) is 3.31. The lowest BCUT2D eigenvalue weighted by atomic mass is 9.98. The predicted molar refractivity (Wildman–Crippen MR) is 132 cm³/mol. The van der Waals surface area contributed by atoms with Gasteiger partial charge in [0.25, 0.3) is 0 Å². The molecule has 2 aliphatic rings. The summed E-state index contributed by atoms with van der Waals surface area (Å²) in [5, 5.41) is 11.9. The molecular formula is C27H33N3O5. The van der Waals surface area contributed by atoms with Gasteiger partial charge in [0.05, 0.1) is 6.54 Å². The molecule has 186 valence electrons. The van der Waals surface area contributed by atoms with E-state index in [0.717, 1.165) is 17.5 Å². The standard InChI is InChI=1S/C27H33N3O5/c1-27(2,16-24(31)30-13-7-12-29(14-15-30)17-25(32)33)28-26(34)35-18-23-21-10-5-3-8-19(21)20-9-4-6-11-22(20)23/h3-6,8-11,23H,7,12-18H2,1-2H3,(H,28,34)(H,32,33). The van der Waals surface area contributed by atoms with Crippen molar-refractivity contribution < 1.29 is 24.2 Å². The fourth-order valence-electron chi connectivity index (χ4n) is 5.01. The fourth-order valence-corrected chi connectivity index (χ4v) is 5.01. The lowest BCUT2D eigenvalue weighted by Crippen LogP contribution is -2.48. The number of amides is 2. The Morgan fingerprint density at radius 2 is 1.60 bits per heavy atom. The molecule has 1 aliphatic carbocycles. The Hall–Kier alpha value is -3.39. The second-order valence-corrected chi connectivity index (χ2v) is 9.92. The van der Waals surface area contributed by atoms with Gasteiger partial charge in [-0.15, -0.1) is 0 Å². The Morgan fingerprint density at radius 1 is 0.971 bits per heavy atom. The normalized spacial score (nSPS) is 16.2. The summed E-state index contributed by atoms with van der Waals surface area (Å²) < 4.78 is 5.64. The third-order valence-corrected chi connectivity index (χ3v) is 6.68. The van der Waals surface area contributed by atoms with Gasteiger partial charge in [-0.2, -0.15) is 0 Å². The van der Waals surface area contributed by atoms with Crippen molar-refractivity contribution in [3.05, 3.63) is 59.7 Å². The topological polar surface area (TPSA) is 99.2 Å². The van der Waals surface area contributed by atoms with E-state index in [0.29, 0.717) is 26.2 Å². The molecule has 0 radical (unpaired) electrons. The van der Waals surface area contributed by atoms with E-state index in [1.165, 1.54) is 11.1 Å². The fraction of sp³-hybridized carbons (Fsp3) is 0.444. The van der Waals surface area contributed by atoms with Crippen molar-refractivity contribution >= 4 is 18.0 Å². The smallest absolute Gasteiger partial charge is 0.407 e. The molecule has 2 aromatic carbocycles. The van der Waals surface area contributed by atoms with Crippen LogP contribution in [0.25, 0.3) is 11.1 Å². The molecular weight excluding hydrogens is 446 g/mol. The lowest BCUT2D eigenvalue weighted by molar-refractivity contribution is -0.138. The molecule has 2 aromatic rings. The Balaban J connectivity index is 1.30. The van der Waals surface area contributed by atoms with Gasteiger partial charge < -0.3 is 20.1 Å². The number of carboxylic acid groups (broad SMARTS) is 1. The maximum absolute atomic E-state index is 12.9. The second-order valence-electron chi connectivity index (χ2n) is 9.92. The van der Waals surface area contributed by atoms with Crippen LogP contribution in [-0.4, -0.2) is 77.7 Å². The number of rotatable bonds is 7. The Bertz CT molecular complexity index is 1050. The molecule has 1 heterocycles. The lowest BCUT2D eigenvalue weighted by Gasteiger charge is -2.29. The van der Waals surface area contributed by atoms with Crippen LogP contribution in [0.5, 0.6) is 0 Å². The summed E-state index contributed by atoms with van der Waals surface area (Å²) in [4.78, 5) is 40.2. The summed E-state index contributed by atoms with van der Waals surface area (Å²) in [6.07, 6.45) is 0.309. The number of fused-ring (bicyclic) bond motifs is 3. The number of ether oxygens (including phenoxy) is 1. The van der Waals surface area contributed by atoms with Crippen molar-refractivity contribution in [2.45, 2.75) is 38.1 Å². The van der Waals surface area contributed by atoms with Crippen LogP contribution in [0.4, 0.5) is 4.79 Å². The van der Waals surface area contributed by atoms with Crippen molar-refractivity contribution in [1.29, 1.82) is 0 Å². The molecule has 0 saturated carbocycles. The molecule has 4 rings (SSSR count). The van der Waals surface area contributed by atoms with E-state index in [1.807, 2.05) is 29.2 Å². The first-order valence-electron chi connectivity index (χ1n) is 12.1. The Morgan fingerprint density at radius 3 is 2.23 bits per heavy atom. The highest BCUT2D eigenvalue weighted by molar-refractivity contribution is 5.80. The zero-order chi connectivity index (χ0) is 25.0. The number of hydrogen-bond acceptors (Lipinski definition) is 5. The number of alkyl carbamates (subject to hydrolysis) is 1. The van der Waals surface area contributed by atoms with Gasteiger partial charge in [-0.25, -0.2) is 4.79 Å². The molecule has 0 unspecified atom stereocenters. The van der Waals surface area contributed by atoms with Gasteiger partial charge in [-0.1, -0.05) is 48.5 Å². The molecule has 1 aliphatic heterocycles. The monoisotopic (exact) mass is 479 g/mol. The third kappa shape index (κ3) is 6.00. The number of carboxylic acids is 1. The molecule has 0 aromatic heterocycles. The Kier molecular flexibility index (Phi) is 7.40. The minimum atomic E-state index is -0.863. The first-order chi connectivity index (χ1) is 16.7. The summed E-state index contributed by atoms with van der Waals surface area (Å²) in [6, 6.07) is 16.3. The van der Waals surface area contributed by atoms with Crippen LogP contribution >= 0.6 is 0 Å². The Labute approximate surface area is 205 Å². The van der Waals surface area contributed by atoms with Gasteiger partial charge in [-0.3, -0.25) is 14.5 Å². The van der Waals surface area contributed by atoms with Crippen LogP contribution in [0.2, 0.25) is 0 Å². The van der Waals surface area contributed by atoms with Crippen LogP contribution in [0.3, 0.4) is 0 Å². The average molecular weight is 480 g/mol. The highest BCUT2D eigenvalue weighted by Crippen LogP contribution is 2.44. The first-order valence-corrected chi connectivity index (χ1v) is 12.1. The minimum Gasteiger partial charge on any atom is -0.480 e. The SMILES string of the molecule is CC(C)(CC(=O)N1CCCN(CC(=O)O)CC1)NC(=O)OCC1c2ccccc2-c2ccccc21. The van der Waals surface area contributed by atoms with Crippen molar-refractivity contribution in [1.82, 2.24) is 15.1 Å². The summed E-state index contributed by atoms with van der Waals surface area (Å²) >= 11 is 0. The van der Waals surface area contributed by atoms with Gasteiger partial charge >= 0.3 is 12.1 Å². The molecule has 2 amide bonds. The summed E-state index contributed by atoms with van der Waals surface area (Å²) in [5.74, 6) is -0.951. The van der Waals surface area contributed by atoms with Gasteiger partial charge in [0.2, 0.25) is 5.91 Å². The number of carbonyl (C=O) groups excluding carboxylic acids is 2. The number of hydrogen-bond donors (Lipinski definition) is 2. The highest BCUT2D eigenvalue weighted by atomic mass is 16.5. The van der Waals surface area contributed by atoms with Crippen LogP contribution < -0.4 is 5.32 Å². The number of nitrogens with one attached hydrogen (secondary N) is 1. The van der Waals surface area contributed by atoms with E-state index in [-0.39, 0.29) is 31.4 Å². The molecule has 8 heteroatoms. The van der Waals surface area contributed by atoms with E-state index >= 15 is 0 Å². The molecule has 0 spiro atoms. The van der Waals surface area contributed by atoms with Crippen LogP contribution in [0, 0.1) is 0 Å². The van der Waals surface area contributed by atoms with Crippen molar-refractivity contribution in [3.8, 4) is 11.1 Å². The zero-order valence-electron chi connectivity index (χ0n) is 20.3. The van der Waals surface area contributed by atoms with Crippen molar-refractivity contribution in [3.63, 3.8) is 0 Å². The second kappa shape index (κ2) is 10.5. The molecule has 0 atom stereocenters. The molecule has 2 N–H and O–H groups in total. The van der Waals surface area contributed by atoms with Gasteiger partial charge in [0, 0.05) is 44.1 Å². The van der Waals surface area contributed by atoms with Crippen LogP contribution in [0.1, 0.15) is 43.7 Å². The summed E-state index contributed by atoms with van der Waals surface area (Å²) in [7, 11) is 0. The van der Waals surface area contributed by atoms with Gasteiger partial charge in [0.1, 0.15) is 6.61 Å². The number of aliphatic carboxylic acids is 1. The largest absolute Gasteiger partial charge is 0.480 e. The number of benzene rings is 2. The van der Waals surface area contributed by atoms with Gasteiger partial charge in [0.15, 0.2) is 0 Å². The summed E-state index contributed by atoms with van der Waals surface area (Å²) in [5.41, 5.74) is 3.85. The molecule has 8 nitrogen and oxygen atoms in total. The third-order valence-electron chi connectivity index (χ3n) is 6.68. The van der Waals surface area contributed by atoms with Gasteiger partial charge in [-0.05, 0) is 42.5 Å². The quantitative estimate of drug-likeness (QED) is 0.632. The van der Waals surface area contributed by atoms with Crippen LogP contribution in [0.15, 0.2) is 48.5 Å². The molecule has 1 saturated heterocycles.